The fourth-order valence-corrected chi connectivity index (χ4v) is 3.42. The number of tetrazole rings is 1. The molecule has 0 aliphatic rings. The van der Waals surface area contributed by atoms with Crippen LogP contribution in [0, 0.1) is 0 Å². The highest BCUT2D eigenvalue weighted by atomic mass is 15.5. The number of aromatic nitrogens is 7. The third-order valence-corrected chi connectivity index (χ3v) is 5.10. The van der Waals surface area contributed by atoms with Gasteiger partial charge in [0.2, 0.25) is 5.82 Å². The van der Waals surface area contributed by atoms with Crippen LogP contribution in [0.15, 0.2) is 48.5 Å². The second-order valence-corrected chi connectivity index (χ2v) is 9.93. The molecule has 4 aromatic rings. The molecule has 2 aromatic heterocycles. The van der Waals surface area contributed by atoms with Gasteiger partial charge in [-0.2, -0.15) is 10.3 Å². The summed E-state index contributed by atoms with van der Waals surface area (Å²) in [5.41, 5.74) is 4.21. The van der Waals surface area contributed by atoms with Crippen LogP contribution < -0.4 is 0 Å². The Kier molecular flexibility index (Phi) is 5.21. The number of hydrogen-bond donors (Lipinski definition) is 1. The van der Waals surface area contributed by atoms with Gasteiger partial charge in [0.25, 0.3) is 0 Å². The molecule has 7 heteroatoms. The van der Waals surface area contributed by atoms with Crippen molar-refractivity contribution in [3.05, 3.63) is 65.7 Å². The van der Waals surface area contributed by atoms with Gasteiger partial charge in [0.1, 0.15) is 5.82 Å². The van der Waals surface area contributed by atoms with Crippen LogP contribution in [0.2, 0.25) is 0 Å². The van der Waals surface area contributed by atoms with Gasteiger partial charge < -0.3 is 0 Å². The molecule has 0 radical (unpaired) electrons. The van der Waals surface area contributed by atoms with E-state index in [4.69, 9.17) is 10.1 Å². The maximum Gasteiger partial charge on any atom is 0.204 e. The summed E-state index contributed by atoms with van der Waals surface area (Å²) in [6.07, 6.45) is 0. The summed E-state index contributed by atoms with van der Waals surface area (Å²) in [5.74, 6) is 2.48. The van der Waals surface area contributed by atoms with Crippen molar-refractivity contribution in [2.75, 3.05) is 0 Å². The van der Waals surface area contributed by atoms with E-state index in [2.05, 4.69) is 98.6 Å². The van der Waals surface area contributed by atoms with Crippen molar-refractivity contribution in [3.8, 4) is 22.5 Å². The number of rotatable bonds is 4. The number of hydrogen-bond acceptors (Lipinski definition) is 5. The molecule has 4 rings (SSSR count). The molecule has 0 saturated heterocycles. The lowest BCUT2D eigenvalue weighted by atomic mass is 9.94. The van der Waals surface area contributed by atoms with E-state index in [-0.39, 0.29) is 10.8 Å². The van der Waals surface area contributed by atoms with Gasteiger partial charge >= 0.3 is 0 Å². The molecular weight excluding hydrogens is 386 g/mol. The minimum atomic E-state index is -0.0845. The average Bonchev–Trinajstić information content (AvgIpc) is 3.38. The van der Waals surface area contributed by atoms with E-state index in [0.29, 0.717) is 12.4 Å². The van der Waals surface area contributed by atoms with Crippen molar-refractivity contribution in [1.29, 1.82) is 0 Å². The first-order valence-corrected chi connectivity index (χ1v) is 10.5. The van der Waals surface area contributed by atoms with E-state index < -0.39 is 0 Å². The normalized spacial score (nSPS) is 12.3. The van der Waals surface area contributed by atoms with Gasteiger partial charge in [0, 0.05) is 16.4 Å². The van der Waals surface area contributed by atoms with E-state index in [1.165, 1.54) is 5.56 Å². The SMILES string of the molecule is CC(C)(C)c1nc(C(C)(C)C)n(Cc2ccc(-c3cccc(-c4nn[nH]n4)c3)cc2)n1. The molecule has 0 aliphatic heterocycles. The van der Waals surface area contributed by atoms with E-state index >= 15 is 0 Å². The van der Waals surface area contributed by atoms with Crippen molar-refractivity contribution in [3.63, 3.8) is 0 Å². The van der Waals surface area contributed by atoms with Crippen LogP contribution in [0.5, 0.6) is 0 Å². The monoisotopic (exact) mass is 415 g/mol. The highest BCUT2D eigenvalue weighted by Crippen LogP contribution is 2.27. The first-order valence-electron chi connectivity index (χ1n) is 10.5. The van der Waals surface area contributed by atoms with Crippen LogP contribution in [0.4, 0.5) is 0 Å². The number of benzene rings is 2. The molecule has 0 amide bonds. The summed E-state index contributed by atoms with van der Waals surface area (Å²) in [6, 6.07) is 16.7. The molecule has 1 N–H and O–H groups in total. The number of H-pyrrole nitrogens is 1. The van der Waals surface area contributed by atoms with Crippen LogP contribution in [-0.2, 0) is 17.4 Å². The van der Waals surface area contributed by atoms with Gasteiger partial charge in [-0.05, 0) is 28.0 Å². The van der Waals surface area contributed by atoms with E-state index in [9.17, 15) is 0 Å². The van der Waals surface area contributed by atoms with Crippen LogP contribution in [0.1, 0.15) is 58.8 Å². The maximum absolute atomic E-state index is 4.88. The Labute approximate surface area is 182 Å². The van der Waals surface area contributed by atoms with Crippen LogP contribution in [0.3, 0.4) is 0 Å². The molecule has 2 aromatic carbocycles. The minimum absolute atomic E-state index is 0.0773. The third kappa shape index (κ3) is 4.55. The minimum Gasteiger partial charge on any atom is -0.245 e. The second-order valence-electron chi connectivity index (χ2n) is 9.93. The lowest BCUT2D eigenvalue weighted by Gasteiger charge is -2.18. The van der Waals surface area contributed by atoms with Gasteiger partial charge in [-0.15, -0.1) is 10.2 Å². The number of aromatic amines is 1. The summed E-state index contributed by atoms with van der Waals surface area (Å²) < 4.78 is 2.05. The molecule has 0 unspecified atom stereocenters. The van der Waals surface area contributed by atoms with Gasteiger partial charge in [-0.3, -0.25) is 0 Å². The summed E-state index contributed by atoms with van der Waals surface area (Å²) in [5, 5.41) is 19.1. The van der Waals surface area contributed by atoms with Crippen molar-refractivity contribution >= 4 is 0 Å². The Morgan fingerprint density at radius 2 is 1.55 bits per heavy atom. The molecule has 0 saturated carbocycles. The molecule has 31 heavy (non-hydrogen) atoms. The van der Waals surface area contributed by atoms with Crippen molar-refractivity contribution in [2.45, 2.75) is 58.9 Å². The predicted octanol–water partition coefficient (Wildman–Crippen LogP) is 4.77. The Bertz CT molecular complexity index is 1160. The summed E-state index contributed by atoms with van der Waals surface area (Å²) in [7, 11) is 0. The molecule has 0 atom stereocenters. The zero-order valence-corrected chi connectivity index (χ0v) is 19.0. The first kappa shape index (κ1) is 20.9. The number of nitrogens with zero attached hydrogens (tertiary/aromatic N) is 6. The highest BCUT2D eigenvalue weighted by Gasteiger charge is 2.27. The number of nitrogens with one attached hydrogen (secondary N) is 1. The van der Waals surface area contributed by atoms with E-state index in [1.807, 2.05) is 16.8 Å². The predicted molar refractivity (Wildman–Crippen MR) is 122 cm³/mol. The largest absolute Gasteiger partial charge is 0.245 e. The summed E-state index contributed by atoms with van der Waals surface area (Å²) in [6.45, 7) is 13.7. The Morgan fingerprint density at radius 1 is 0.839 bits per heavy atom. The summed E-state index contributed by atoms with van der Waals surface area (Å²) >= 11 is 0. The molecule has 7 nitrogen and oxygen atoms in total. The molecule has 0 bridgehead atoms. The van der Waals surface area contributed by atoms with Crippen molar-refractivity contribution in [2.24, 2.45) is 0 Å². The first-order chi connectivity index (χ1) is 14.6. The molecule has 2 heterocycles. The van der Waals surface area contributed by atoms with Crippen molar-refractivity contribution in [1.82, 2.24) is 35.4 Å². The van der Waals surface area contributed by atoms with Gasteiger partial charge in [0.05, 0.1) is 6.54 Å². The van der Waals surface area contributed by atoms with Gasteiger partial charge in [-0.25, -0.2) is 9.67 Å². The molecule has 0 fully saturated rings. The smallest absolute Gasteiger partial charge is 0.204 e. The highest BCUT2D eigenvalue weighted by molar-refractivity contribution is 5.70. The average molecular weight is 416 g/mol. The Hall–Kier alpha value is -3.35. The molecule has 0 spiro atoms. The Balaban J connectivity index is 1.60. The second kappa shape index (κ2) is 7.72. The van der Waals surface area contributed by atoms with E-state index in [1.54, 1.807) is 0 Å². The molecule has 160 valence electrons. The van der Waals surface area contributed by atoms with E-state index in [0.717, 1.165) is 28.3 Å². The molecular formula is C24H29N7. The maximum atomic E-state index is 4.88. The zero-order valence-electron chi connectivity index (χ0n) is 19.0. The topological polar surface area (TPSA) is 85.2 Å². The lowest BCUT2D eigenvalue weighted by Crippen LogP contribution is -2.20. The standard InChI is InChI=1S/C24H29N7/c1-23(2,3)21-25-22(24(4,5)6)31(28-21)15-16-10-12-17(13-11-16)18-8-7-9-19(14-18)20-26-29-30-27-20/h7-14H,15H2,1-6H3,(H,26,27,29,30). The fourth-order valence-electron chi connectivity index (χ4n) is 3.42. The van der Waals surface area contributed by atoms with Gasteiger partial charge in [0.15, 0.2) is 5.82 Å². The van der Waals surface area contributed by atoms with Crippen LogP contribution in [-0.4, -0.2) is 35.4 Å². The molecule has 0 aliphatic carbocycles. The summed E-state index contributed by atoms with van der Waals surface area (Å²) in [4.78, 5) is 4.88. The fraction of sp³-hybridized carbons (Fsp3) is 0.375. The third-order valence-electron chi connectivity index (χ3n) is 5.10. The van der Waals surface area contributed by atoms with Gasteiger partial charge in [-0.1, -0.05) is 84.0 Å². The van der Waals surface area contributed by atoms with Crippen LogP contribution >= 0.6 is 0 Å². The quantitative estimate of drug-likeness (QED) is 0.519. The van der Waals surface area contributed by atoms with Crippen LogP contribution in [0.25, 0.3) is 22.5 Å². The van der Waals surface area contributed by atoms with Crippen molar-refractivity contribution < 1.29 is 0 Å². The lowest BCUT2D eigenvalue weighted by molar-refractivity contribution is 0.489. The zero-order chi connectivity index (χ0) is 22.2. The Morgan fingerprint density at radius 3 is 2.16 bits per heavy atom.